The molecule has 0 aliphatic carbocycles. The zero-order valence-corrected chi connectivity index (χ0v) is 11.7. The van der Waals surface area contributed by atoms with Gasteiger partial charge < -0.3 is 8.71 Å². The Morgan fingerprint density at radius 2 is 1.94 bits per heavy atom. The Balaban J connectivity index is 2.27. The molecule has 0 aliphatic heterocycles. The summed E-state index contributed by atoms with van der Waals surface area (Å²) in [4.78, 5) is 0. The first-order chi connectivity index (χ1) is 7.94. The lowest BCUT2D eigenvalue weighted by Crippen LogP contribution is -2.05. The van der Waals surface area contributed by atoms with E-state index in [0.29, 0.717) is 5.76 Å². The molecule has 0 atom stereocenters. The third-order valence-electron chi connectivity index (χ3n) is 1.85. The van der Waals surface area contributed by atoms with Crippen LogP contribution in [0.3, 0.4) is 0 Å². The van der Waals surface area contributed by atoms with Crippen LogP contribution in [0.4, 0.5) is 0 Å². The van der Waals surface area contributed by atoms with Crippen LogP contribution in [0, 0.1) is 3.57 Å². The second-order valence-corrected chi connectivity index (χ2v) is 6.14. The van der Waals surface area contributed by atoms with Gasteiger partial charge in [-0.05, 0) is 39.9 Å². The zero-order valence-electron chi connectivity index (χ0n) is 8.75. The molecule has 0 radical (unpaired) electrons. The molecule has 2 rings (SSSR count). The lowest BCUT2D eigenvalue weighted by molar-refractivity contribution is 0.392. The summed E-state index contributed by atoms with van der Waals surface area (Å²) in [5.41, 5.74) is 0.807. The van der Waals surface area contributed by atoms with Gasteiger partial charge in [-0.25, -0.2) is 0 Å². The molecule has 17 heavy (non-hydrogen) atoms. The molecule has 0 N–H and O–H groups in total. The highest BCUT2D eigenvalue weighted by atomic mass is 127. The fourth-order valence-electron chi connectivity index (χ4n) is 1.20. The summed E-state index contributed by atoms with van der Waals surface area (Å²) in [5.74, 6) is 0.390. The molecule has 0 saturated carbocycles. The topological polar surface area (TPSA) is 69.4 Å². The number of rotatable bonds is 3. The van der Waals surface area contributed by atoms with E-state index >= 15 is 0 Å². The Bertz CT molecular complexity index is 618. The summed E-state index contributed by atoms with van der Waals surface area (Å²) in [6.45, 7) is 0. The molecule has 1 heterocycles. The third kappa shape index (κ3) is 3.43. The van der Waals surface area contributed by atoms with Crippen molar-refractivity contribution in [3.63, 3.8) is 0 Å². The van der Waals surface area contributed by atoms with Gasteiger partial charge in [0.1, 0.15) is 0 Å². The van der Waals surface area contributed by atoms with Gasteiger partial charge in [-0.3, -0.25) is 0 Å². The van der Waals surface area contributed by atoms with Crippen molar-refractivity contribution in [2.45, 2.75) is 0 Å². The van der Waals surface area contributed by atoms with Crippen molar-refractivity contribution in [2.24, 2.45) is 0 Å². The van der Waals surface area contributed by atoms with Gasteiger partial charge in [-0.1, -0.05) is 12.1 Å². The van der Waals surface area contributed by atoms with Gasteiger partial charge >= 0.3 is 10.1 Å². The Kier molecular flexibility index (Phi) is 3.38. The zero-order chi connectivity index (χ0) is 12.5. The van der Waals surface area contributed by atoms with Crippen LogP contribution in [0.5, 0.6) is 5.88 Å². The molecular formula is C10H8INO4S. The van der Waals surface area contributed by atoms with Gasteiger partial charge in [0.15, 0.2) is 5.76 Å². The molecule has 1 aromatic carbocycles. The Morgan fingerprint density at radius 3 is 2.53 bits per heavy atom. The van der Waals surface area contributed by atoms with Crippen molar-refractivity contribution in [3.8, 4) is 17.2 Å². The summed E-state index contributed by atoms with van der Waals surface area (Å²) >= 11 is 2.19. The molecule has 90 valence electrons. The van der Waals surface area contributed by atoms with E-state index in [1.54, 1.807) is 0 Å². The van der Waals surface area contributed by atoms with Crippen molar-refractivity contribution >= 4 is 32.7 Å². The molecule has 0 bridgehead atoms. The highest BCUT2D eigenvalue weighted by molar-refractivity contribution is 14.1. The summed E-state index contributed by atoms with van der Waals surface area (Å²) < 4.78 is 32.5. The van der Waals surface area contributed by atoms with Crippen LogP contribution in [-0.4, -0.2) is 19.8 Å². The predicted molar refractivity (Wildman–Crippen MR) is 70.1 cm³/mol. The van der Waals surface area contributed by atoms with Crippen LogP contribution in [0.25, 0.3) is 11.3 Å². The normalized spacial score (nSPS) is 11.4. The van der Waals surface area contributed by atoms with Crippen LogP contribution in [-0.2, 0) is 10.1 Å². The highest BCUT2D eigenvalue weighted by Crippen LogP contribution is 2.24. The average molecular weight is 365 g/mol. The van der Waals surface area contributed by atoms with E-state index in [1.807, 2.05) is 24.3 Å². The smallest absolute Gasteiger partial charge is 0.307 e. The lowest BCUT2D eigenvalue weighted by Gasteiger charge is -1.95. The van der Waals surface area contributed by atoms with Gasteiger partial charge in [0.25, 0.3) is 5.88 Å². The number of benzene rings is 1. The molecular weight excluding hydrogens is 357 g/mol. The van der Waals surface area contributed by atoms with Gasteiger partial charge in [0, 0.05) is 9.13 Å². The van der Waals surface area contributed by atoms with Gasteiger partial charge in [-0.2, -0.15) is 8.42 Å². The van der Waals surface area contributed by atoms with Crippen LogP contribution < -0.4 is 4.18 Å². The number of halogens is 1. The Morgan fingerprint density at radius 1 is 1.29 bits per heavy atom. The highest BCUT2D eigenvalue weighted by Gasteiger charge is 2.11. The fourth-order valence-corrected chi connectivity index (χ4v) is 1.95. The first-order valence-corrected chi connectivity index (χ1v) is 7.46. The number of hydrogen-bond donors (Lipinski definition) is 0. The van der Waals surface area contributed by atoms with E-state index in [-0.39, 0.29) is 5.88 Å². The van der Waals surface area contributed by atoms with Crippen molar-refractivity contribution in [2.75, 3.05) is 6.26 Å². The lowest BCUT2D eigenvalue weighted by atomic mass is 10.2. The molecule has 5 nitrogen and oxygen atoms in total. The van der Waals surface area contributed by atoms with E-state index in [0.717, 1.165) is 15.4 Å². The van der Waals surface area contributed by atoms with E-state index in [1.165, 1.54) is 6.07 Å². The molecule has 0 fully saturated rings. The van der Waals surface area contributed by atoms with Crippen molar-refractivity contribution in [1.82, 2.24) is 5.16 Å². The molecule has 2 aromatic rings. The van der Waals surface area contributed by atoms with Crippen LogP contribution >= 0.6 is 22.6 Å². The van der Waals surface area contributed by atoms with E-state index in [9.17, 15) is 8.42 Å². The van der Waals surface area contributed by atoms with Crippen molar-refractivity contribution in [3.05, 3.63) is 33.9 Å². The third-order valence-corrected chi connectivity index (χ3v) is 3.05. The SMILES string of the molecule is CS(=O)(=O)Oc1cc(-c2ccc(I)cc2)on1. The summed E-state index contributed by atoms with van der Waals surface area (Å²) in [5, 5.41) is 3.52. The van der Waals surface area contributed by atoms with Crippen molar-refractivity contribution < 1.29 is 17.1 Å². The second-order valence-electron chi connectivity index (χ2n) is 3.32. The molecule has 0 unspecified atom stereocenters. The molecule has 1 aromatic heterocycles. The monoisotopic (exact) mass is 365 g/mol. The maximum Gasteiger partial charge on any atom is 0.307 e. The van der Waals surface area contributed by atoms with E-state index in [4.69, 9.17) is 4.52 Å². The average Bonchev–Trinajstić information content (AvgIpc) is 2.64. The first-order valence-electron chi connectivity index (χ1n) is 4.56. The minimum Gasteiger partial charge on any atom is -0.358 e. The molecule has 0 amide bonds. The molecule has 7 heteroatoms. The predicted octanol–water partition coefficient (Wildman–Crippen LogP) is 2.28. The molecule has 0 spiro atoms. The summed E-state index contributed by atoms with van der Waals surface area (Å²) in [6.07, 6.45) is 0.951. The van der Waals surface area contributed by atoms with E-state index < -0.39 is 10.1 Å². The number of hydrogen-bond acceptors (Lipinski definition) is 5. The van der Waals surface area contributed by atoms with Gasteiger partial charge in [0.2, 0.25) is 0 Å². The Labute approximate surface area is 112 Å². The van der Waals surface area contributed by atoms with Gasteiger partial charge in [0.05, 0.1) is 12.3 Å². The first kappa shape index (κ1) is 12.4. The van der Waals surface area contributed by atoms with Gasteiger partial charge in [-0.15, -0.1) is 0 Å². The summed E-state index contributed by atoms with van der Waals surface area (Å²) in [7, 11) is -3.58. The molecule has 0 aliphatic rings. The van der Waals surface area contributed by atoms with E-state index in [2.05, 4.69) is 31.9 Å². The van der Waals surface area contributed by atoms with Crippen LogP contribution in [0.2, 0.25) is 0 Å². The largest absolute Gasteiger partial charge is 0.358 e. The number of aromatic nitrogens is 1. The number of nitrogens with zero attached hydrogens (tertiary/aromatic N) is 1. The van der Waals surface area contributed by atoms with Crippen LogP contribution in [0.15, 0.2) is 34.9 Å². The second kappa shape index (κ2) is 4.65. The summed E-state index contributed by atoms with van der Waals surface area (Å²) in [6, 6.07) is 8.97. The maximum absolute atomic E-state index is 10.9. The standard InChI is InChI=1S/C10H8INO4S/c1-17(13,14)16-10-6-9(15-12-10)7-2-4-8(11)5-3-7/h2-6H,1H3. The fraction of sp³-hybridized carbons (Fsp3) is 0.100. The minimum absolute atomic E-state index is 0.0685. The molecule has 0 saturated heterocycles. The quantitative estimate of drug-likeness (QED) is 0.617. The van der Waals surface area contributed by atoms with Crippen LogP contribution in [0.1, 0.15) is 0 Å². The Hall–Kier alpha value is -1.09. The maximum atomic E-state index is 10.9. The van der Waals surface area contributed by atoms with Crippen molar-refractivity contribution in [1.29, 1.82) is 0 Å². The minimum atomic E-state index is -3.58.